The van der Waals surface area contributed by atoms with Gasteiger partial charge in [0.25, 0.3) is 0 Å². The number of nitrogens with one attached hydrogen (secondary N) is 1. The van der Waals surface area contributed by atoms with Crippen LogP contribution in [0.2, 0.25) is 0 Å². The van der Waals surface area contributed by atoms with Crippen molar-refractivity contribution in [3.05, 3.63) is 11.6 Å². The Labute approximate surface area is 86.8 Å². The normalized spacial score (nSPS) is 22.5. The van der Waals surface area contributed by atoms with Crippen molar-refractivity contribution in [3.8, 4) is 0 Å². The van der Waals surface area contributed by atoms with Gasteiger partial charge >= 0.3 is 0 Å². The molecule has 0 radical (unpaired) electrons. The Balaban J connectivity index is 2.00. The van der Waals surface area contributed by atoms with Crippen LogP contribution >= 0.6 is 11.8 Å². The number of thioether (sulfide) groups is 1. The monoisotopic (exact) mass is 214 g/mol. The van der Waals surface area contributed by atoms with Gasteiger partial charge < -0.3 is 10.5 Å². The number of aromatic nitrogens is 3. The maximum absolute atomic E-state index is 5.56. The number of aromatic amines is 1. The van der Waals surface area contributed by atoms with Gasteiger partial charge in [-0.3, -0.25) is 5.10 Å². The summed E-state index contributed by atoms with van der Waals surface area (Å²) in [6.45, 7) is 1.38. The first-order valence-electron chi connectivity index (χ1n) is 4.70. The lowest BCUT2D eigenvalue weighted by Crippen LogP contribution is -2.16. The predicted octanol–water partition coefficient (Wildman–Crippen LogP) is 0.110. The Kier molecular flexibility index (Phi) is 3.39. The van der Waals surface area contributed by atoms with Crippen molar-refractivity contribution >= 4 is 11.8 Å². The summed E-state index contributed by atoms with van der Waals surface area (Å²) in [5, 5.41) is 7.00. The molecular formula is C8H14N4OS. The number of H-pyrrole nitrogens is 1. The second-order valence-corrected chi connectivity index (χ2v) is 4.26. The minimum atomic E-state index is 0.0523. The maximum Gasteiger partial charge on any atom is 0.180 e. The molecule has 2 rings (SSSR count). The fourth-order valence-electron chi connectivity index (χ4n) is 1.34. The Morgan fingerprint density at radius 2 is 2.57 bits per heavy atom. The lowest BCUT2D eigenvalue weighted by atomic mass is 10.3. The molecule has 0 bridgehead atoms. The molecule has 0 saturated carbocycles. The van der Waals surface area contributed by atoms with E-state index in [1.54, 1.807) is 0 Å². The summed E-state index contributed by atoms with van der Waals surface area (Å²) in [5.74, 6) is 3.62. The van der Waals surface area contributed by atoms with Gasteiger partial charge in [0.2, 0.25) is 0 Å². The molecule has 1 saturated heterocycles. The molecule has 3 N–H and O–H groups in total. The molecule has 1 atom stereocenters. The Morgan fingerprint density at radius 3 is 3.29 bits per heavy atom. The van der Waals surface area contributed by atoms with E-state index in [-0.39, 0.29) is 6.10 Å². The highest BCUT2D eigenvalue weighted by Crippen LogP contribution is 2.23. The zero-order valence-electron chi connectivity index (χ0n) is 7.90. The van der Waals surface area contributed by atoms with E-state index in [0.29, 0.717) is 6.54 Å². The molecular weight excluding hydrogens is 200 g/mol. The van der Waals surface area contributed by atoms with Crippen LogP contribution in [-0.2, 0) is 11.2 Å². The van der Waals surface area contributed by atoms with Crippen molar-refractivity contribution in [3.63, 3.8) is 0 Å². The number of nitrogens with two attached hydrogens (primary N) is 1. The summed E-state index contributed by atoms with van der Waals surface area (Å²) in [6.07, 6.45) is 0.795. The summed E-state index contributed by atoms with van der Waals surface area (Å²) in [4.78, 5) is 4.34. The smallest absolute Gasteiger partial charge is 0.180 e. The minimum Gasteiger partial charge on any atom is -0.368 e. The zero-order valence-corrected chi connectivity index (χ0v) is 8.72. The second-order valence-electron chi connectivity index (χ2n) is 3.11. The van der Waals surface area contributed by atoms with Crippen LogP contribution in [-0.4, -0.2) is 39.8 Å². The van der Waals surface area contributed by atoms with E-state index in [9.17, 15) is 0 Å². The van der Waals surface area contributed by atoms with Crippen LogP contribution in [0.4, 0.5) is 0 Å². The third-order valence-electron chi connectivity index (χ3n) is 2.03. The Morgan fingerprint density at radius 1 is 1.64 bits per heavy atom. The molecule has 6 heteroatoms. The van der Waals surface area contributed by atoms with E-state index >= 15 is 0 Å². The van der Waals surface area contributed by atoms with Crippen LogP contribution in [0.15, 0.2) is 0 Å². The summed E-state index contributed by atoms with van der Waals surface area (Å²) >= 11 is 1.88. The van der Waals surface area contributed by atoms with Gasteiger partial charge in [-0.1, -0.05) is 0 Å². The number of ether oxygens (including phenoxy) is 1. The highest BCUT2D eigenvalue weighted by molar-refractivity contribution is 7.99. The largest absolute Gasteiger partial charge is 0.368 e. The van der Waals surface area contributed by atoms with E-state index in [1.165, 1.54) is 0 Å². The molecule has 0 amide bonds. The van der Waals surface area contributed by atoms with Crippen molar-refractivity contribution in [2.24, 2.45) is 5.73 Å². The topological polar surface area (TPSA) is 76.8 Å². The van der Waals surface area contributed by atoms with Gasteiger partial charge in [-0.15, -0.1) is 0 Å². The van der Waals surface area contributed by atoms with Gasteiger partial charge in [0.05, 0.1) is 6.61 Å². The fraction of sp³-hybridized carbons (Fsp3) is 0.750. The average Bonchev–Trinajstić information content (AvgIpc) is 2.68. The first-order valence-corrected chi connectivity index (χ1v) is 5.86. The molecule has 2 heterocycles. The van der Waals surface area contributed by atoms with Crippen LogP contribution in [0.1, 0.15) is 17.8 Å². The fourth-order valence-corrected chi connectivity index (χ4v) is 2.18. The molecule has 1 aromatic rings. The average molecular weight is 214 g/mol. The zero-order chi connectivity index (χ0) is 9.80. The van der Waals surface area contributed by atoms with Gasteiger partial charge in [0.1, 0.15) is 11.9 Å². The number of hydrogen-bond donors (Lipinski definition) is 2. The van der Waals surface area contributed by atoms with Crippen molar-refractivity contribution < 1.29 is 4.74 Å². The van der Waals surface area contributed by atoms with Crippen molar-refractivity contribution in [2.75, 3.05) is 24.7 Å². The van der Waals surface area contributed by atoms with Gasteiger partial charge in [0.15, 0.2) is 5.82 Å². The van der Waals surface area contributed by atoms with Gasteiger partial charge in [-0.05, 0) is 6.54 Å². The van der Waals surface area contributed by atoms with Crippen molar-refractivity contribution in [1.82, 2.24) is 15.2 Å². The van der Waals surface area contributed by atoms with Gasteiger partial charge in [0, 0.05) is 17.9 Å². The van der Waals surface area contributed by atoms with Crippen molar-refractivity contribution in [2.45, 2.75) is 12.5 Å². The number of hydrogen-bond acceptors (Lipinski definition) is 5. The third-order valence-corrected chi connectivity index (χ3v) is 3.03. The molecule has 1 unspecified atom stereocenters. The van der Waals surface area contributed by atoms with Crippen LogP contribution in [0.5, 0.6) is 0 Å². The van der Waals surface area contributed by atoms with Crippen LogP contribution < -0.4 is 5.73 Å². The Bertz CT molecular complexity index is 285. The maximum atomic E-state index is 5.56. The SMILES string of the molecule is NCCc1nc(C2CSCCO2)n[nH]1. The summed E-state index contributed by atoms with van der Waals surface area (Å²) in [7, 11) is 0. The van der Waals surface area contributed by atoms with Crippen LogP contribution in [0.3, 0.4) is 0 Å². The quantitative estimate of drug-likeness (QED) is 0.747. The highest BCUT2D eigenvalue weighted by atomic mass is 32.2. The first-order chi connectivity index (χ1) is 6.90. The molecule has 1 fully saturated rings. The van der Waals surface area contributed by atoms with Crippen molar-refractivity contribution in [1.29, 1.82) is 0 Å². The molecule has 0 aliphatic carbocycles. The molecule has 1 aliphatic rings. The van der Waals surface area contributed by atoms with E-state index < -0.39 is 0 Å². The summed E-state index contributed by atoms with van der Waals surface area (Å²) in [5.41, 5.74) is 5.43. The molecule has 5 nitrogen and oxygen atoms in total. The standard InChI is InChI=1S/C8H14N4OS/c9-2-1-7-10-8(12-11-7)6-5-14-4-3-13-6/h6H,1-5,9H2,(H,10,11,12). The summed E-state index contributed by atoms with van der Waals surface area (Å²) in [6, 6.07) is 0. The molecule has 0 aromatic carbocycles. The minimum absolute atomic E-state index is 0.0523. The molecule has 1 aliphatic heterocycles. The summed E-state index contributed by atoms with van der Waals surface area (Å²) < 4.78 is 5.56. The molecule has 1 aromatic heterocycles. The first kappa shape index (κ1) is 9.95. The van der Waals surface area contributed by atoms with Crippen LogP contribution in [0.25, 0.3) is 0 Å². The second kappa shape index (κ2) is 4.77. The van der Waals surface area contributed by atoms with E-state index in [2.05, 4.69) is 15.2 Å². The van der Waals surface area contributed by atoms with E-state index in [1.807, 2.05) is 11.8 Å². The third kappa shape index (κ3) is 2.26. The Hall–Kier alpha value is -0.590. The lowest BCUT2D eigenvalue weighted by Gasteiger charge is -2.19. The number of rotatable bonds is 3. The van der Waals surface area contributed by atoms with E-state index in [0.717, 1.165) is 36.2 Å². The number of nitrogens with zero attached hydrogens (tertiary/aromatic N) is 2. The highest BCUT2D eigenvalue weighted by Gasteiger charge is 2.20. The predicted molar refractivity (Wildman–Crippen MR) is 55.2 cm³/mol. The van der Waals surface area contributed by atoms with Gasteiger partial charge in [-0.2, -0.15) is 16.9 Å². The molecule has 0 spiro atoms. The molecule has 78 valence electrons. The molecule has 14 heavy (non-hydrogen) atoms. The van der Waals surface area contributed by atoms with E-state index in [4.69, 9.17) is 10.5 Å². The van der Waals surface area contributed by atoms with Crippen LogP contribution in [0, 0.1) is 0 Å². The lowest BCUT2D eigenvalue weighted by molar-refractivity contribution is 0.0696. The van der Waals surface area contributed by atoms with Gasteiger partial charge in [-0.25, -0.2) is 4.98 Å².